The molecule has 0 spiro atoms. The smallest absolute Gasteiger partial charge is 0.316 e. The highest BCUT2D eigenvalue weighted by atomic mass is 35.5. The van der Waals surface area contributed by atoms with E-state index in [0.717, 1.165) is 5.56 Å². The number of carbonyl (C=O) groups excluding carboxylic acids is 2. The lowest BCUT2D eigenvalue weighted by Crippen LogP contribution is -2.52. The van der Waals surface area contributed by atoms with Crippen molar-refractivity contribution < 1.29 is 9.59 Å². The van der Waals surface area contributed by atoms with Gasteiger partial charge in [0.2, 0.25) is 0 Å². The van der Waals surface area contributed by atoms with E-state index >= 15 is 0 Å². The summed E-state index contributed by atoms with van der Waals surface area (Å²) in [5, 5.41) is 3.10. The van der Waals surface area contributed by atoms with Gasteiger partial charge in [0, 0.05) is 23.8 Å². The van der Waals surface area contributed by atoms with Crippen LogP contribution in [0, 0.1) is 6.92 Å². The minimum Gasteiger partial charge on any atom is -0.346 e. The van der Waals surface area contributed by atoms with Crippen molar-refractivity contribution in [3.8, 4) is 0 Å². The van der Waals surface area contributed by atoms with Gasteiger partial charge in [0.25, 0.3) is 0 Å². The molecule has 0 aromatic heterocycles. The summed E-state index contributed by atoms with van der Waals surface area (Å²) in [7, 11) is 0. The fourth-order valence-corrected chi connectivity index (χ4v) is 1.87. The normalized spacial score (nSPS) is 16.2. The van der Waals surface area contributed by atoms with Crippen molar-refractivity contribution in [1.29, 1.82) is 0 Å². The first kappa shape index (κ1) is 11.0. The molecule has 5 heteroatoms. The highest BCUT2D eigenvalue weighted by molar-refractivity contribution is 6.41. The molecule has 1 aromatic carbocycles. The maximum absolute atomic E-state index is 11.7. The van der Waals surface area contributed by atoms with Crippen molar-refractivity contribution in [2.24, 2.45) is 0 Å². The molecule has 84 valence electrons. The van der Waals surface area contributed by atoms with Gasteiger partial charge in [-0.15, -0.1) is 0 Å². The number of nitrogens with one attached hydrogen (secondary N) is 1. The van der Waals surface area contributed by atoms with Gasteiger partial charge in [0.15, 0.2) is 0 Å². The summed E-state index contributed by atoms with van der Waals surface area (Å²) < 4.78 is 0. The van der Waals surface area contributed by atoms with E-state index in [1.54, 1.807) is 18.2 Å². The monoisotopic (exact) mass is 238 g/mol. The molecule has 0 aliphatic carbocycles. The van der Waals surface area contributed by atoms with Crippen molar-refractivity contribution in [1.82, 2.24) is 5.32 Å². The second-order valence-electron chi connectivity index (χ2n) is 3.60. The maximum atomic E-state index is 11.7. The van der Waals surface area contributed by atoms with Gasteiger partial charge in [-0.2, -0.15) is 0 Å². The number of anilines is 1. The number of benzene rings is 1. The largest absolute Gasteiger partial charge is 0.346 e. The van der Waals surface area contributed by atoms with Gasteiger partial charge in [-0.25, -0.2) is 0 Å². The molecule has 0 radical (unpaired) electrons. The molecule has 1 aromatic rings. The van der Waals surface area contributed by atoms with E-state index < -0.39 is 11.8 Å². The zero-order valence-electron chi connectivity index (χ0n) is 8.79. The summed E-state index contributed by atoms with van der Waals surface area (Å²) >= 11 is 5.98. The summed E-state index contributed by atoms with van der Waals surface area (Å²) in [5.74, 6) is -1.10. The molecule has 1 fully saturated rings. The molecule has 4 nitrogen and oxygen atoms in total. The summed E-state index contributed by atoms with van der Waals surface area (Å²) in [6.45, 7) is 2.78. The van der Waals surface area contributed by atoms with E-state index in [1.807, 2.05) is 6.92 Å². The van der Waals surface area contributed by atoms with Crippen molar-refractivity contribution in [2.75, 3.05) is 18.0 Å². The first-order valence-corrected chi connectivity index (χ1v) is 5.34. The Balaban J connectivity index is 2.40. The van der Waals surface area contributed by atoms with Gasteiger partial charge in [-0.05, 0) is 24.6 Å². The minimum absolute atomic E-state index is 0.469. The summed E-state index contributed by atoms with van der Waals surface area (Å²) in [6.07, 6.45) is 0. The number of rotatable bonds is 1. The SMILES string of the molecule is Cc1c(Cl)cccc1N1CCNC(=O)C1=O. The molecule has 1 N–H and O–H groups in total. The third-order valence-corrected chi connectivity index (χ3v) is 3.00. The third kappa shape index (κ3) is 1.76. The van der Waals surface area contributed by atoms with Crippen LogP contribution < -0.4 is 10.2 Å². The Hall–Kier alpha value is -1.55. The van der Waals surface area contributed by atoms with Gasteiger partial charge >= 0.3 is 11.8 Å². The van der Waals surface area contributed by atoms with Crippen molar-refractivity contribution >= 4 is 29.1 Å². The molecule has 2 amide bonds. The zero-order chi connectivity index (χ0) is 11.7. The Morgan fingerprint density at radius 3 is 2.88 bits per heavy atom. The fourth-order valence-electron chi connectivity index (χ4n) is 1.70. The maximum Gasteiger partial charge on any atom is 0.316 e. The predicted octanol–water partition coefficient (Wildman–Crippen LogP) is 1.11. The number of halogens is 1. The van der Waals surface area contributed by atoms with Gasteiger partial charge in [-0.3, -0.25) is 9.59 Å². The minimum atomic E-state index is -0.564. The molecule has 0 bridgehead atoms. The Kier molecular flexibility index (Phi) is 2.83. The molecule has 1 aliphatic heterocycles. The Morgan fingerprint density at radius 1 is 1.38 bits per heavy atom. The number of nitrogens with zero attached hydrogens (tertiary/aromatic N) is 1. The number of piperazine rings is 1. The van der Waals surface area contributed by atoms with Crippen LogP contribution in [-0.2, 0) is 9.59 Å². The Morgan fingerprint density at radius 2 is 2.12 bits per heavy atom. The van der Waals surface area contributed by atoms with E-state index in [0.29, 0.717) is 23.8 Å². The average molecular weight is 239 g/mol. The molecule has 2 rings (SSSR count). The quantitative estimate of drug-likeness (QED) is 0.746. The van der Waals surface area contributed by atoms with Crippen LogP contribution in [0.15, 0.2) is 18.2 Å². The third-order valence-electron chi connectivity index (χ3n) is 2.59. The van der Waals surface area contributed by atoms with Crippen LogP contribution in [0.25, 0.3) is 0 Å². The van der Waals surface area contributed by atoms with Crippen LogP contribution in [0.1, 0.15) is 5.56 Å². The number of amides is 2. The van der Waals surface area contributed by atoms with Crippen LogP contribution in [0.2, 0.25) is 5.02 Å². The second kappa shape index (κ2) is 4.14. The lowest BCUT2D eigenvalue weighted by atomic mass is 10.1. The van der Waals surface area contributed by atoms with Crippen LogP contribution in [0.5, 0.6) is 0 Å². The first-order chi connectivity index (χ1) is 7.61. The topological polar surface area (TPSA) is 49.4 Å². The molecule has 1 saturated heterocycles. The molecule has 1 aliphatic rings. The summed E-state index contributed by atoms with van der Waals surface area (Å²) in [5.41, 5.74) is 1.51. The van der Waals surface area contributed by atoms with Crippen molar-refractivity contribution in [2.45, 2.75) is 6.92 Å². The van der Waals surface area contributed by atoms with Gasteiger partial charge in [0.1, 0.15) is 0 Å². The standard InChI is InChI=1S/C11H11ClN2O2/c1-7-8(12)3-2-4-9(7)14-6-5-13-10(15)11(14)16/h2-4H,5-6H2,1H3,(H,13,15). The van der Waals surface area contributed by atoms with E-state index in [-0.39, 0.29) is 0 Å². The molecule has 16 heavy (non-hydrogen) atoms. The average Bonchev–Trinajstić information content (AvgIpc) is 2.27. The number of carbonyl (C=O) groups is 2. The zero-order valence-corrected chi connectivity index (χ0v) is 9.54. The first-order valence-electron chi connectivity index (χ1n) is 4.96. The lowest BCUT2D eigenvalue weighted by molar-refractivity contribution is -0.138. The molecule has 1 heterocycles. The van der Waals surface area contributed by atoms with E-state index in [2.05, 4.69) is 5.32 Å². The van der Waals surface area contributed by atoms with Gasteiger partial charge in [-0.1, -0.05) is 17.7 Å². The van der Waals surface area contributed by atoms with E-state index in [9.17, 15) is 9.59 Å². The molecular weight excluding hydrogens is 228 g/mol. The second-order valence-corrected chi connectivity index (χ2v) is 4.00. The number of hydrogen-bond donors (Lipinski definition) is 1. The molecule has 0 atom stereocenters. The highest BCUT2D eigenvalue weighted by Crippen LogP contribution is 2.26. The Bertz CT molecular complexity index is 459. The van der Waals surface area contributed by atoms with Crippen LogP contribution in [-0.4, -0.2) is 24.9 Å². The summed E-state index contributed by atoms with van der Waals surface area (Å²) in [4.78, 5) is 24.4. The molecular formula is C11H11ClN2O2. The van der Waals surface area contributed by atoms with E-state index in [1.165, 1.54) is 4.90 Å². The van der Waals surface area contributed by atoms with Crippen molar-refractivity contribution in [3.63, 3.8) is 0 Å². The fraction of sp³-hybridized carbons (Fsp3) is 0.273. The van der Waals surface area contributed by atoms with Crippen LogP contribution in [0.4, 0.5) is 5.69 Å². The van der Waals surface area contributed by atoms with Gasteiger partial charge < -0.3 is 10.2 Å². The van der Waals surface area contributed by atoms with Crippen LogP contribution in [0.3, 0.4) is 0 Å². The Labute approximate surface area is 98.2 Å². The predicted molar refractivity (Wildman–Crippen MR) is 61.6 cm³/mol. The van der Waals surface area contributed by atoms with Crippen LogP contribution >= 0.6 is 11.6 Å². The molecule has 0 saturated carbocycles. The summed E-state index contributed by atoms with van der Waals surface area (Å²) in [6, 6.07) is 5.32. The van der Waals surface area contributed by atoms with E-state index in [4.69, 9.17) is 11.6 Å². The highest BCUT2D eigenvalue weighted by Gasteiger charge is 2.28. The lowest BCUT2D eigenvalue weighted by Gasteiger charge is -2.27. The van der Waals surface area contributed by atoms with Gasteiger partial charge in [0.05, 0.1) is 0 Å². The van der Waals surface area contributed by atoms with Crippen molar-refractivity contribution in [3.05, 3.63) is 28.8 Å². The number of hydrogen-bond acceptors (Lipinski definition) is 2. The molecule has 0 unspecified atom stereocenters.